The Bertz CT molecular complexity index is 455. The van der Waals surface area contributed by atoms with Gasteiger partial charge in [0.2, 0.25) is 0 Å². The number of amides is 1. The van der Waals surface area contributed by atoms with Crippen molar-refractivity contribution in [3.8, 4) is 0 Å². The minimum absolute atomic E-state index is 0.0105. The van der Waals surface area contributed by atoms with E-state index < -0.39 is 0 Å². The lowest BCUT2D eigenvalue weighted by Crippen LogP contribution is -2.44. The molecule has 0 aromatic heterocycles. The van der Waals surface area contributed by atoms with E-state index in [1.165, 1.54) is 0 Å². The fraction of sp³-hybridized carbons (Fsp3) is 0.529. The summed E-state index contributed by atoms with van der Waals surface area (Å²) in [4.78, 5) is 24.3. The smallest absolute Gasteiger partial charge is 0.251 e. The van der Waals surface area contributed by atoms with Gasteiger partial charge in [-0.05, 0) is 31.4 Å². The molecular formula is C17H23NO2. The van der Waals surface area contributed by atoms with Gasteiger partial charge in [-0.2, -0.15) is 0 Å². The molecule has 1 N–H and O–H groups in total. The van der Waals surface area contributed by atoms with E-state index in [0.29, 0.717) is 17.8 Å². The summed E-state index contributed by atoms with van der Waals surface area (Å²) in [6.45, 7) is 2.09. The SMILES string of the molecule is CCCC(NC(=O)c1ccccc1)C1CCCCC1=O. The van der Waals surface area contributed by atoms with Crippen LogP contribution in [-0.2, 0) is 4.79 Å². The Balaban J connectivity index is 2.05. The average molecular weight is 273 g/mol. The van der Waals surface area contributed by atoms with Crippen LogP contribution < -0.4 is 5.32 Å². The molecule has 1 fully saturated rings. The molecule has 2 atom stereocenters. The molecule has 1 aromatic carbocycles. The van der Waals surface area contributed by atoms with Crippen molar-refractivity contribution in [3.05, 3.63) is 35.9 Å². The quantitative estimate of drug-likeness (QED) is 0.894. The predicted molar refractivity (Wildman–Crippen MR) is 79.6 cm³/mol. The van der Waals surface area contributed by atoms with E-state index >= 15 is 0 Å². The average Bonchev–Trinajstić information content (AvgIpc) is 2.48. The van der Waals surface area contributed by atoms with Gasteiger partial charge in [-0.15, -0.1) is 0 Å². The molecule has 1 aliphatic rings. The number of hydrogen-bond acceptors (Lipinski definition) is 2. The summed E-state index contributed by atoms with van der Waals surface area (Å²) in [6.07, 6.45) is 5.53. The molecule has 0 aliphatic heterocycles. The Morgan fingerprint density at radius 3 is 2.70 bits per heavy atom. The maximum Gasteiger partial charge on any atom is 0.251 e. The third-order valence-electron chi connectivity index (χ3n) is 4.04. The van der Waals surface area contributed by atoms with Crippen LogP contribution >= 0.6 is 0 Å². The third kappa shape index (κ3) is 3.69. The number of benzene rings is 1. The number of carbonyl (C=O) groups is 2. The van der Waals surface area contributed by atoms with Crippen molar-refractivity contribution in [1.29, 1.82) is 0 Å². The second-order valence-corrected chi connectivity index (χ2v) is 5.55. The van der Waals surface area contributed by atoms with Gasteiger partial charge in [0.15, 0.2) is 0 Å². The highest BCUT2D eigenvalue weighted by molar-refractivity contribution is 5.94. The van der Waals surface area contributed by atoms with Crippen LogP contribution in [0, 0.1) is 5.92 Å². The van der Waals surface area contributed by atoms with Crippen LogP contribution in [-0.4, -0.2) is 17.7 Å². The zero-order valence-corrected chi connectivity index (χ0v) is 12.1. The van der Waals surface area contributed by atoms with Crippen molar-refractivity contribution >= 4 is 11.7 Å². The van der Waals surface area contributed by atoms with Gasteiger partial charge in [0.25, 0.3) is 5.91 Å². The zero-order chi connectivity index (χ0) is 14.4. The summed E-state index contributed by atoms with van der Waals surface area (Å²) < 4.78 is 0. The Morgan fingerprint density at radius 2 is 2.05 bits per heavy atom. The van der Waals surface area contributed by atoms with Crippen LogP contribution in [0.2, 0.25) is 0 Å². The van der Waals surface area contributed by atoms with Crippen molar-refractivity contribution in [2.75, 3.05) is 0 Å². The van der Waals surface area contributed by atoms with Gasteiger partial charge in [0.1, 0.15) is 5.78 Å². The van der Waals surface area contributed by atoms with Gasteiger partial charge in [-0.3, -0.25) is 9.59 Å². The first-order chi connectivity index (χ1) is 9.72. The first kappa shape index (κ1) is 14.8. The summed E-state index contributed by atoms with van der Waals surface area (Å²) >= 11 is 0. The molecule has 0 heterocycles. The molecule has 0 spiro atoms. The van der Waals surface area contributed by atoms with Gasteiger partial charge in [0.05, 0.1) is 0 Å². The highest BCUT2D eigenvalue weighted by Crippen LogP contribution is 2.25. The van der Waals surface area contributed by atoms with Gasteiger partial charge < -0.3 is 5.32 Å². The summed E-state index contributed by atoms with van der Waals surface area (Å²) in [5.74, 6) is 0.266. The highest BCUT2D eigenvalue weighted by atomic mass is 16.2. The fourth-order valence-electron chi connectivity index (χ4n) is 2.96. The second kappa shape index (κ2) is 7.22. The number of Topliss-reactive ketones (excluding diaryl/α,β-unsaturated/α-hetero) is 1. The molecule has 0 radical (unpaired) electrons. The molecule has 108 valence electrons. The molecule has 2 unspecified atom stereocenters. The van der Waals surface area contributed by atoms with Crippen LogP contribution in [0.3, 0.4) is 0 Å². The van der Waals surface area contributed by atoms with E-state index in [9.17, 15) is 9.59 Å². The highest BCUT2D eigenvalue weighted by Gasteiger charge is 2.30. The summed E-state index contributed by atoms with van der Waals surface area (Å²) in [7, 11) is 0. The minimum atomic E-state index is -0.0672. The Labute approximate surface area is 120 Å². The lowest BCUT2D eigenvalue weighted by Gasteiger charge is -2.29. The fourth-order valence-corrected chi connectivity index (χ4v) is 2.96. The first-order valence-corrected chi connectivity index (χ1v) is 7.61. The summed E-state index contributed by atoms with van der Waals surface area (Å²) in [6, 6.07) is 9.21. The summed E-state index contributed by atoms with van der Waals surface area (Å²) in [5, 5.41) is 3.07. The maximum atomic E-state index is 12.3. The Morgan fingerprint density at radius 1 is 1.30 bits per heavy atom. The lowest BCUT2D eigenvalue weighted by atomic mass is 9.81. The summed E-state index contributed by atoms with van der Waals surface area (Å²) in [5.41, 5.74) is 0.664. The van der Waals surface area contributed by atoms with Crippen LogP contribution in [0.1, 0.15) is 55.8 Å². The molecule has 0 bridgehead atoms. The molecule has 0 saturated heterocycles. The normalized spacial score (nSPS) is 20.4. The van der Waals surface area contributed by atoms with Crippen LogP contribution in [0.25, 0.3) is 0 Å². The number of ketones is 1. The van der Waals surface area contributed by atoms with E-state index in [2.05, 4.69) is 12.2 Å². The predicted octanol–water partition coefficient (Wildman–Crippen LogP) is 3.34. The number of carbonyl (C=O) groups excluding carboxylic acids is 2. The second-order valence-electron chi connectivity index (χ2n) is 5.55. The molecule has 1 amide bonds. The zero-order valence-electron chi connectivity index (χ0n) is 12.1. The van der Waals surface area contributed by atoms with Crippen LogP contribution in [0.5, 0.6) is 0 Å². The minimum Gasteiger partial charge on any atom is -0.349 e. The Kier molecular flexibility index (Phi) is 5.33. The van der Waals surface area contributed by atoms with Gasteiger partial charge in [-0.25, -0.2) is 0 Å². The largest absolute Gasteiger partial charge is 0.349 e. The molecule has 2 rings (SSSR count). The molecule has 20 heavy (non-hydrogen) atoms. The molecule has 1 saturated carbocycles. The Hall–Kier alpha value is -1.64. The van der Waals surface area contributed by atoms with E-state index in [1.807, 2.05) is 18.2 Å². The van der Waals surface area contributed by atoms with Crippen molar-refractivity contribution in [2.24, 2.45) is 5.92 Å². The van der Waals surface area contributed by atoms with Gasteiger partial charge >= 0.3 is 0 Å². The molecule has 3 heteroatoms. The number of rotatable bonds is 5. The topological polar surface area (TPSA) is 46.2 Å². The van der Waals surface area contributed by atoms with Gasteiger partial charge in [-0.1, -0.05) is 38.0 Å². The van der Waals surface area contributed by atoms with Crippen LogP contribution in [0.15, 0.2) is 30.3 Å². The van der Waals surface area contributed by atoms with E-state index in [-0.39, 0.29) is 17.9 Å². The van der Waals surface area contributed by atoms with E-state index in [4.69, 9.17) is 0 Å². The van der Waals surface area contributed by atoms with E-state index in [0.717, 1.165) is 32.1 Å². The molecule has 1 aliphatic carbocycles. The third-order valence-corrected chi connectivity index (χ3v) is 4.04. The lowest BCUT2D eigenvalue weighted by molar-refractivity contribution is -0.125. The monoisotopic (exact) mass is 273 g/mol. The van der Waals surface area contributed by atoms with Gasteiger partial charge in [0, 0.05) is 23.9 Å². The molecule has 3 nitrogen and oxygen atoms in total. The number of hydrogen-bond donors (Lipinski definition) is 1. The number of nitrogens with one attached hydrogen (secondary N) is 1. The van der Waals surface area contributed by atoms with E-state index in [1.54, 1.807) is 12.1 Å². The van der Waals surface area contributed by atoms with Crippen molar-refractivity contribution in [1.82, 2.24) is 5.32 Å². The van der Waals surface area contributed by atoms with Crippen molar-refractivity contribution < 1.29 is 9.59 Å². The van der Waals surface area contributed by atoms with Crippen LogP contribution in [0.4, 0.5) is 0 Å². The standard InChI is InChI=1S/C17H23NO2/c1-2-8-15(14-11-6-7-12-16(14)19)18-17(20)13-9-4-3-5-10-13/h3-5,9-10,14-15H,2,6-8,11-12H2,1H3,(H,18,20). The molecular weight excluding hydrogens is 250 g/mol. The molecule has 1 aromatic rings. The maximum absolute atomic E-state index is 12.3. The van der Waals surface area contributed by atoms with Crippen molar-refractivity contribution in [2.45, 2.75) is 51.5 Å². The van der Waals surface area contributed by atoms with Crippen molar-refractivity contribution in [3.63, 3.8) is 0 Å². The first-order valence-electron chi connectivity index (χ1n) is 7.61.